The highest BCUT2D eigenvalue weighted by molar-refractivity contribution is 5.91. The summed E-state index contributed by atoms with van der Waals surface area (Å²) in [7, 11) is 1.42. The van der Waals surface area contributed by atoms with Crippen LogP contribution in [0.2, 0.25) is 0 Å². The number of nitrogens with one attached hydrogen (secondary N) is 2. The highest BCUT2D eigenvalue weighted by atomic mass is 19.1. The van der Waals surface area contributed by atoms with Gasteiger partial charge >= 0.3 is 6.03 Å². The molecule has 0 spiro atoms. The van der Waals surface area contributed by atoms with E-state index in [0.717, 1.165) is 30.5 Å². The van der Waals surface area contributed by atoms with Crippen molar-refractivity contribution in [3.8, 4) is 5.75 Å². The normalized spacial score (nSPS) is 16.2. The van der Waals surface area contributed by atoms with Gasteiger partial charge < -0.3 is 20.5 Å². The van der Waals surface area contributed by atoms with Crippen LogP contribution in [0.3, 0.4) is 0 Å². The maximum absolute atomic E-state index is 13.2. The number of methoxy groups -OCH3 is 1. The number of aromatic nitrogens is 2. The van der Waals surface area contributed by atoms with Crippen LogP contribution in [0.25, 0.3) is 0 Å². The van der Waals surface area contributed by atoms with Gasteiger partial charge in [-0.1, -0.05) is 0 Å². The van der Waals surface area contributed by atoms with Crippen LogP contribution >= 0.6 is 0 Å². The van der Waals surface area contributed by atoms with E-state index in [1.807, 2.05) is 0 Å². The first-order valence-electron chi connectivity index (χ1n) is 8.19. The second kappa shape index (κ2) is 7.52. The molecule has 3 N–H and O–H groups in total. The topological polar surface area (TPSA) is 88.4 Å². The van der Waals surface area contributed by atoms with E-state index in [1.54, 1.807) is 10.9 Å². The standard InChI is InChI=1S/C17H21FN4O3/c1-25-16-9-11(18)5-6-14(16)21-17(24)20-13-3-2-4-15-12(13)10-19-22(15)7-8-23/h5-6,9-10,13,23H,2-4,7-8H2,1H3,(H2,20,21,24)/t13-/m0/s1. The Kier molecular flexibility index (Phi) is 5.18. The van der Waals surface area contributed by atoms with Crippen molar-refractivity contribution in [2.24, 2.45) is 0 Å². The lowest BCUT2D eigenvalue weighted by Gasteiger charge is -2.24. The van der Waals surface area contributed by atoms with E-state index < -0.39 is 11.8 Å². The van der Waals surface area contributed by atoms with Gasteiger partial charge in [-0.2, -0.15) is 5.10 Å². The largest absolute Gasteiger partial charge is 0.494 e. The minimum atomic E-state index is -0.434. The van der Waals surface area contributed by atoms with Crippen LogP contribution in [0.4, 0.5) is 14.9 Å². The van der Waals surface area contributed by atoms with E-state index in [1.165, 1.54) is 25.3 Å². The lowest BCUT2D eigenvalue weighted by molar-refractivity contribution is 0.246. The zero-order valence-corrected chi connectivity index (χ0v) is 14.0. The van der Waals surface area contributed by atoms with Crippen LogP contribution in [-0.2, 0) is 13.0 Å². The highest BCUT2D eigenvalue weighted by Crippen LogP contribution is 2.30. The second-order valence-electron chi connectivity index (χ2n) is 5.88. The minimum Gasteiger partial charge on any atom is -0.494 e. The van der Waals surface area contributed by atoms with Crippen molar-refractivity contribution in [3.05, 3.63) is 41.5 Å². The Morgan fingerprint density at radius 3 is 3.12 bits per heavy atom. The molecule has 1 aromatic heterocycles. The van der Waals surface area contributed by atoms with E-state index in [4.69, 9.17) is 9.84 Å². The molecule has 1 aliphatic carbocycles. The third kappa shape index (κ3) is 3.74. The fourth-order valence-electron chi connectivity index (χ4n) is 3.14. The van der Waals surface area contributed by atoms with Gasteiger partial charge in [0, 0.05) is 17.3 Å². The van der Waals surface area contributed by atoms with E-state index in [-0.39, 0.29) is 18.4 Å². The first kappa shape index (κ1) is 17.2. The summed E-state index contributed by atoms with van der Waals surface area (Å²) in [6.07, 6.45) is 4.36. The second-order valence-corrected chi connectivity index (χ2v) is 5.88. The van der Waals surface area contributed by atoms with E-state index in [2.05, 4.69) is 15.7 Å². The number of nitrogens with zero attached hydrogens (tertiary/aromatic N) is 2. The van der Waals surface area contributed by atoms with Crippen molar-refractivity contribution >= 4 is 11.7 Å². The Hall–Kier alpha value is -2.61. The van der Waals surface area contributed by atoms with Gasteiger partial charge in [-0.15, -0.1) is 0 Å². The SMILES string of the molecule is COc1cc(F)ccc1NC(=O)N[C@H]1CCCc2c1cnn2CCO. The molecule has 2 amide bonds. The Labute approximate surface area is 144 Å². The molecule has 134 valence electrons. The molecule has 0 saturated carbocycles. The van der Waals surface area contributed by atoms with E-state index in [0.29, 0.717) is 12.2 Å². The van der Waals surface area contributed by atoms with Gasteiger partial charge in [0.15, 0.2) is 0 Å². The lowest BCUT2D eigenvalue weighted by atomic mass is 9.93. The van der Waals surface area contributed by atoms with Crippen molar-refractivity contribution in [2.45, 2.75) is 31.8 Å². The van der Waals surface area contributed by atoms with Crippen molar-refractivity contribution in [2.75, 3.05) is 19.0 Å². The van der Waals surface area contributed by atoms with E-state index >= 15 is 0 Å². The average Bonchev–Trinajstić information content (AvgIpc) is 3.01. The van der Waals surface area contributed by atoms with Gasteiger partial charge in [-0.25, -0.2) is 9.18 Å². The molecule has 8 heteroatoms. The summed E-state index contributed by atoms with van der Waals surface area (Å²) < 4.78 is 20.1. The lowest BCUT2D eigenvalue weighted by Crippen LogP contribution is -2.34. The third-order valence-corrected chi connectivity index (χ3v) is 4.29. The summed E-state index contributed by atoms with van der Waals surface area (Å²) in [5, 5.41) is 19.0. The fourth-order valence-corrected chi connectivity index (χ4v) is 3.14. The zero-order chi connectivity index (χ0) is 17.8. The monoisotopic (exact) mass is 348 g/mol. The first-order chi connectivity index (χ1) is 12.1. The molecule has 1 heterocycles. The van der Waals surface area contributed by atoms with Crippen LogP contribution in [0, 0.1) is 5.82 Å². The zero-order valence-electron chi connectivity index (χ0n) is 14.0. The number of aliphatic hydroxyl groups is 1. The first-order valence-corrected chi connectivity index (χ1v) is 8.19. The van der Waals surface area contributed by atoms with Crippen LogP contribution < -0.4 is 15.4 Å². The van der Waals surface area contributed by atoms with Crippen molar-refractivity contribution in [3.63, 3.8) is 0 Å². The van der Waals surface area contributed by atoms with Crippen molar-refractivity contribution < 1.29 is 19.0 Å². The number of halogens is 1. The summed E-state index contributed by atoms with van der Waals surface area (Å²) in [4.78, 5) is 12.3. The van der Waals surface area contributed by atoms with Gasteiger partial charge in [0.1, 0.15) is 11.6 Å². The molecule has 25 heavy (non-hydrogen) atoms. The summed E-state index contributed by atoms with van der Waals surface area (Å²) in [5.74, 6) is -0.175. The number of carbonyl (C=O) groups excluding carboxylic acids is 1. The van der Waals surface area contributed by atoms with Crippen molar-refractivity contribution in [1.82, 2.24) is 15.1 Å². The summed E-state index contributed by atoms with van der Waals surface area (Å²) >= 11 is 0. The highest BCUT2D eigenvalue weighted by Gasteiger charge is 2.25. The van der Waals surface area contributed by atoms with Crippen LogP contribution in [0.5, 0.6) is 5.75 Å². The number of urea groups is 1. The number of amides is 2. The molecule has 0 aliphatic heterocycles. The summed E-state index contributed by atoms with van der Waals surface area (Å²) in [5.41, 5.74) is 2.42. The molecule has 1 atom stereocenters. The Morgan fingerprint density at radius 2 is 2.36 bits per heavy atom. The number of fused-ring (bicyclic) bond motifs is 1. The predicted octanol–water partition coefficient (Wildman–Crippen LogP) is 2.22. The van der Waals surface area contributed by atoms with Crippen LogP contribution in [0.1, 0.15) is 30.1 Å². The summed E-state index contributed by atoms with van der Waals surface area (Å²) in [6.45, 7) is 0.470. The molecular formula is C17H21FN4O3. The number of anilines is 1. The molecular weight excluding hydrogens is 327 g/mol. The smallest absolute Gasteiger partial charge is 0.319 e. The predicted molar refractivity (Wildman–Crippen MR) is 90.1 cm³/mol. The minimum absolute atomic E-state index is 0.0249. The van der Waals surface area contributed by atoms with Crippen molar-refractivity contribution in [1.29, 1.82) is 0 Å². The number of rotatable bonds is 5. The van der Waals surface area contributed by atoms with Crippen LogP contribution in [-0.4, -0.2) is 34.6 Å². The summed E-state index contributed by atoms with van der Waals surface area (Å²) in [6, 6.07) is 3.39. The molecule has 7 nitrogen and oxygen atoms in total. The fraction of sp³-hybridized carbons (Fsp3) is 0.412. The molecule has 2 aromatic rings. The molecule has 1 aliphatic rings. The third-order valence-electron chi connectivity index (χ3n) is 4.29. The molecule has 0 saturated heterocycles. The Balaban J connectivity index is 1.70. The quantitative estimate of drug-likeness (QED) is 0.773. The molecule has 0 fully saturated rings. The molecule has 0 unspecified atom stereocenters. The maximum Gasteiger partial charge on any atom is 0.319 e. The van der Waals surface area contributed by atoms with Gasteiger partial charge in [0.2, 0.25) is 0 Å². The van der Waals surface area contributed by atoms with Crippen LogP contribution in [0.15, 0.2) is 24.4 Å². The number of ether oxygens (including phenoxy) is 1. The number of carbonyl (C=O) groups is 1. The number of hydrogen-bond donors (Lipinski definition) is 3. The molecule has 3 rings (SSSR count). The van der Waals surface area contributed by atoms with Gasteiger partial charge in [-0.05, 0) is 31.4 Å². The maximum atomic E-state index is 13.2. The number of benzene rings is 1. The van der Waals surface area contributed by atoms with Gasteiger partial charge in [-0.3, -0.25) is 4.68 Å². The molecule has 0 radical (unpaired) electrons. The Morgan fingerprint density at radius 1 is 1.52 bits per heavy atom. The van der Waals surface area contributed by atoms with Gasteiger partial charge in [0.25, 0.3) is 0 Å². The number of aliphatic hydroxyl groups excluding tert-OH is 1. The van der Waals surface area contributed by atoms with Gasteiger partial charge in [0.05, 0.1) is 38.2 Å². The molecule has 1 aromatic carbocycles. The van der Waals surface area contributed by atoms with E-state index in [9.17, 15) is 9.18 Å². The number of hydrogen-bond acceptors (Lipinski definition) is 4. The molecule has 0 bridgehead atoms. The Bertz CT molecular complexity index is 762. The average molecular weight is 348 g/mol.